The van der Waals surface area contributed by atoms with Crippen LogP contribution in [0.3, 0.4) is 0 Å². The van der Waals surface area contributed by atoms with Crippen LogP contribution >= 0.6 is 11.6 Å². The van der Waals surface area contributed by atoms with E-state index in [0.717, 1.165) is 27.7 Å². The van der Waals surface area contributed by atoms with Crippen LogP contribution < -0.4 is 9.47 Å². The Labute approximate surface area is 184 Å². The second kappa shape index (κ2) is 8.70. The SMILES string of the molecule is Cc1ccc(COc2cc(C(=O)O)ccc2OCc2nc3ccc(C)cc3[nH]2)c(Cl)c1. The van der Waals surface area contributed by atoms with Gasteiger partial charge in [-0.2, -0.15) is 0 Å². The van der Waals surface area contributed by atoms with E-state index in [9.17, 15) is 9.90 Å². The molecule has 1 heterocycles. The highest BCUT2D eigenvalue weighted by Crippen LogP contribution is 2.31. The second-order valence-electron chi connectivity index (χ2n) is 7.34. The molecule has 0 bridgehead atoms. The highest BCUT2D eigenvalue weighted by atomic mass is 35.5. The molecule has 0 saturated heterocycles. The van der Waals surface area contributed by atoms with Crippen LogP contribution in [0.2, 0.25) is 5.02 Å². The summed E-state index contributed by atoms with van der Waals surface area (Å²) in [7, 11) is 0. The van der Waals surface area contributed by atoms with Gasteiger partial charge in [0.2, 0.25) is 0 Å². The molecule has 1 aromatic heterocycles. The van der Waals surface area contributed by atoms with Crippen LogP contribution in [0.1, 0.15) is 32.9 Å². The fraction of sp³-hybridized carbons (Fsp3) is 0.167. The largest absolute Gasteiger partial charge is 0.485 e. The zero-order valence-electron chi connectivity index (χ0n) is 17.1. The van der Waals surface area contributed by atoms with Crippen LogP contribution in [0.4, 0.5) is 0 Å². The van der Waals surface area contributed by atoms with E-state index in [1.54, 1.807) is 6.07 Å². The molecule has 0 aliphatic rings. The topological polar surface area (TPSA) is 84.4 Å². The maximum Gasteiger partial charge on any atom is 0.335 e. The Bertz CT molecular complexity index is 1270. The number of nitrogens with one attached hydrogen (secondary N) is 1. The molecule has 6 nitrogen and oxygen atoms in total. The smallest absolute Gasteiger partial charge is 0.335 e. The zero-order valence-corrected chi connectivity index (χ0v) is 17.9. The Balaban J connectivity index is 1.54. The molecule has 0 atom stereocenters. The predicted molar refractivity (Wildman–Crippen MR) is 119 cm³/mol. The van der Waals surface area contributed by atoms with Crippen LogP contribution in [0, 0.1) is 13.8 Å². The molecular weight excluding hydrogens is 416 g/mol. The maximum absolute atomic E-state index is 11.4. The van der Waals surface area contributed by atoms with Gasteiger partial charge in [0.05, 0.1) is 16.6 Å². The fourth-order valence-corrected chi connectivity index (χ4v) is 3.48. The lowest BCUT2D eigenvalue weighted by atomic mass is 10.1. The molecule has 0 aliphatic carbocycles. The van der Waals surface area contributed by atoms with Gasteiger partial charge in [0.1, 0.15) is 19.0 Å². The summed E-state index contributed by atoms with van der Waals surface area (Å²) in [5, 5.41) is 9.93. The van der Waals surface area contributed by atoms with E-state index in [2.05, 4.69) is 9.97 Å². The van der Waals surface area contributed by atoms with E-state index in [4.69, 9.17) is 21.1 Å². The van der Waals surface area contributed by atoms with Crippen molar-refractivity contribution < 1.29 is 19.4 Å². The van der Waals surface area contributed by atoms with Crippen LogP contribution in [0.5, 0.6) is 11.5 Å². The fourth-order valence-electron chi connectivity index (χ4n) is 3.19. The van der Waals surface area contributed by atoms with Crippen molar-refractivity contribution in [3.8, 4) is 11.5 Å². The van der Waals surface area contributed by atoms with Crippen molar-refractivity contribution in [2.24, 2.45) is 0 Å². The van der Waals surface area contributed by atoms with E-state index in [-0.39, 0.29) is 18.8 Å². The number of benzene rings is 3. The van der Waals surface area contributed by atoms with Gasteiger partial charge in [0.25, 0.3) is 0 Å². The van der Waals surface area contributed by atoms with Crippen LogP contribution in [0.25, 0.3) is 11.0 Å². The Kier molecular flexibility index (Phi) is 5.82. The number of carboxylic acids is 1. The summed E-state index contributed by atoms with van der Waals surface area (Å²) in [6, 6.07) is 16.2. The Morgan fingerprint density at radius 2 is 1.71 bits per heavy atom. The lowest BCUT2D eigenvalue weighted by Crippen LogP contribution is -2.04. The molecule has 31 heavy (non-hydrogen) atoms. The molecule has 4 rings (SSSR count). The molecule has 0 unspecified atom stereocenters. The number of carbonyl (C=O) groups is 1. The van der Waals surface area contributed by atoms with Crippen molar-refractivity contribution in [3.63, 3.8) is 0 Å². The van der Waals surface area contributed by atoms with Crippen molar-refractivity contribution >= 4 is 28.6 Å². The molecule has 0 spiro atoms. The Morgan fingerprint density at radius 1 is 0.968 bits per heavy atom. The minimum absolute atomic E-state index is 0.108. The zero-order chi connectivity index (χ0) is 22.0. The lowest BCUT2D eigenvalue weighted by Gasteiger charge is -2.14. The number of H-pyrrole nitrogens is 1. The predicted octanol–water partition coefficient (Wildman–Crippen LogP) is 5.69. The first-order valence-electron chi connectivity index (χ1n) is 9.72. The average molecular weight is 437 g/mol. The molecule has 0 fully saturated rings. The molecule has 4 aromatic rings. The first kappa shape index (κ1) is 20.8. The third-order valence-corrected chi connectivity index (χ3v) is 5.19. The van der Waals surface area contributed by atoms with E-state index >= 15 is 0 Å². The van der Waals surface area contributed by atoms with Gasteiger partial charge in [0, 0.05) is 10.6 Å². The molecule has 0 amide bonds. The summed E-state index contributed by atoms with van der Waals surface area (Å²) in [6.45, 7) is 4.34. The van der Waals surface area contributed by atoms with Gasteiger partial charge in [-0.3, -0.25) is 0 Å². The summed E-state index contributed by atoms with van der Waals surface area (Å²) in [6.07, 6.45) is 0. The highest BCUT2D eigenvalue weighted by Gasteiger charge is 2.13. The van der Waals surface area contributed by atoms with Crippen molar-refractivity contribution in [2.75, 3.05) is 0 Å². The van der Waals surface area contributed by atoms with Gasteiger partial charge in [0.15, 0.2) is 11.5 Å². The minimum atomic E-state index is -1.04. The summed E-state index contributed by atoms with van der Waals surface area (Å²) in [5.74, 6) is 0.362. The number of ether oxygens (including phenoxy) is 2. The number of imidazole rings is 1. The number of carboxylic acid groups (broad SMARTS) is 1. The van der Waals surface area contributed by atoms with Gasteiger partial charge in [-0.05, 0) is 61.4 Å². The normalized spacial score (nSPS) is 10.9. The molecule has 0 saturated carbocycles. The molecule has 0 radical (unpaired) electrons. The average Bonchev–Trinajstić information content (AvgIpc) is 3.13. The number of aromatic nitrogens is 2. The van der Waals surface area contributed by atoms with Gasteiger partial charge >= 0.3 is 5.97 Å². The molecule has 7 heteroatoms. The Hall–Kier alpha value is -3.51. The van der Waals surface area contributed by atoms with Gasteiger partial charge in [-0.1, -0.05) is 29.8 Å². The number of aromatic amines is 1. The molecule has 3 aromatic carbocycles. The quantitative estimate of drug-likeness (QED) is 0.388. The second-order valence-corrected chi connectivity index (χ2v) is 7.75. The van der Waals surface area contributed by atoms with Crippen LogP contribution in [-0.4, -0.2) is 21.0 Å². The number of nitrogens with zero attached hydrogens (tertiary/aromatic N) is 1. The lowest BCUT2D eigenvalue weighted by molar-refractivity contribution is 0.0696. The van der Waals surface area contributed by atoms with Crippen molar-refractivity contribution in [2.45, 2.75) is 27.1 Å². The van der Waals surface area contributed by atoms with Crippen molar-refractivity contribution in [3.05, 3.63) is 87.7 Å². The van der Waals surface area contributed by atoms with Crippen LogP contribution in [0.15, 0.2) is 54.6 Å². The number of fused-ring (bicyclic) bond motifs is 1. The summed E-state index contributed by atoms with van der Waals surface area (Å²) >= 11 is 6.29. The summed E-state index contributed by atoms with van der Waals surface area (Å²) in [5.41, 5.74) is 4.88. The number of aromatic carboxylic acids is 1. The summed E-state index contributed by atoms with van der Waals surface area (Å²) in [4.78, 5) is 19.2. The van der Waals surface area contributed by atoms with E-state index in [0.29, 0.717) is 22.3 Å². The monoisotopic (exact) mass is 436 g/mol. The number of hydrogen-bond acceptors (Lipinski definition) is 4. The first-order valence-corrected chi connectivity index (χ1v) is 10.1. The molecule has 0 aliphatic heterocycles. The van der Waals surface area contributed by atoms with Gasteiger partial charge in [-0.25, -0.2) is 9.78 Å². The van der Waals surface area contributed by atoms with E-state index in [1.807, 2.05) is 50.2 Å². The minimum Gasteiger partial charge on any atom is -0.485 e. The van der Waals surface area contributed by atoms with Gasteiger partial charge < -0.3 is 19.6 Å². The third kappa shape index (κ3) is 4.81. The maximum atomic E-state index is 11.4. The van der Waals surface area contributed by atoms with Gasteiger partial charge in [-0.15, -0.1) is 0 Å². The third-order valence-electron chi connectivity index (χ3n) is 4.83. The number of hydrogen-bond donors (Lipinski definition) is 2. The van der Waals surface area contributed by atoms with E-state index < -0.39 is 5.97 Å². The highest BCUT2D eigenvalue weighted by molar-refractivity contribution is 6.31. The number of halogens is 1. The molecule has 2 N–H and O–H groups in total. The first-order chi connectivity index (χ1) is 14.9. The van der Waals surface area contributed by atoms with Crippen LogP contribution in [-0.2, 0) is 13.2 Å². The van der Waals surface area contributed by atoms with Crippen molar-refractivity contribution in [1.82, 2.24) is 9.97 Å². The number of rotatable bonds is 7. The standard InChI is InChI=1S/C24H21ClN2O4/c1-14-3-5-17(18(25)9-14)12-30-22-11-16(24(28)29)6-8-21(22)31-13-23-26-19-7-4-15(2)10-20(19)27-23/h3-11H,12-13H2,1-2H3,(H,26,27)(H,28,29). The number of aryl methyl sites for hydroxylation is 2. The van der Waals surface area contributed by atoms with Crippen molar-refractivity contribution in [1.29, 1.82) is 0 Å². The Morgan fingerprint density at radius 3 is 2.48 bits per heavy atom. The van der Waals surface area contributed by atoms with E-state index in [1.165, 1.54) is 12.1 Å². The molecule has 158 valence electrons. The molecular formula is C24H21ClN2O4. The summed E-state index contributed by atoms with van der Waals surface area (Å²) < 4.78 is 11.8.